The fourth-order valence-corrected chi connectivity index (χ4v) is 0.649. The Labute approximate surface area is 73.0 Å². The van der Waals surface area contributed by atoms with Crippen molar-refractivity contribution in [2.24, 2.45) is 22.4 Å². The Kier molecular flexibility index (Phi) is 5.08. The van der Waals surface area contributed by atoms with Crippen LogP contribution in [-0.4, -0.2) is 18.3 Å². The number of rotatable bonds is 5. The fraction of sp³-hybridized carbons (Fsp3) is 0.750. The van der Waals surface area contributed by atoms with E-state index in [1.54, 1.807) is 6.92 Å². The topological polar surface area (TPSA) is 81.5 Å². The first-order valence-electron chi connectivity index (χ1n) is 4.18. The lowest BCUT2D eigenvalue weighted by Crippen LogP contribution is -2.33. The second kappa shape index (κ2) is 5.57. The van der Waals surface area contributed by atoms with Gasteiger partial charge in [-0.15, -0.1) is 0 Å². The Balaban J connectivity index is 3.90. The maximum atomic E-state index is 10.6. The lowest BCUT2D eigenvalue weighted by Gasteiger charge is -2.05. The van der Waals surface area contributed by atoms with Crippen molar-refractivity contribution in [2.75, 3.05) is 6.54 Å². The maximum Gasteiger partial charge on any atom is 0.227 e. The molecule has 1 atom stereocenters. The van der Waals surface area contributed by atoms with E-state index in [2.05, 4.69) is 11.9 Å². The van der Waals surface area contributed by atoms with Crippen LogP contribution >= 0.6 is 0 Å². The van der Waals surface area contributed by atoms with Crippen molar-refractivity contribution < 1.29 is 4.79 Å². The molecule has 0 saturated carbocycles. The molecule has 0 aliphatic heterocycles. The predicted molar refractivity (Wildman–Crippen MR) is 49.8 cm³/mol. The molecule has 12 heavy (non-hydrogen) atoms. The van der Waals surface area contributed by atoms with Crippen LogP contribution < -0.4 is 11.5 Å². The molecule has 0 fully saturated rings. The number of carbonyl (C=O) groups excluding carboxylic acids is 1. The standard InChI is InChI=1S/C8H17N3O/c1-3-4-5-11-7(9)6(2)8(10)12/h6H,3-5H2,1-2H3,(H2,9,11)(H2,10,12). The van der Waals surface area contributed by atoms with Gasteiger partial charge in [0, 0.05) is 6.54 Å². The van der Waals surface area contributed by atoms with Gasteiger partial charge in [-0.25, -0.2) is 0 Å². The largest absolute Gasteiger partial charge is 0.387 e. The summed E-state index contributed by atoms with van der Waals surface area (Å²) in [6.45, 7) is 4.41. The summed E-state index contributed by atoms with van der Waals surface area (Å²) in [7, 11) is 0. The number of primary amides is 1. The van der Waals surface area contributed by atoms with Crippen molar-refractivity contribution in [3.05, 3.63) is 0 Å². The van der Waals surface area contributed by atoms with Gasteiger partial charge in [0.25, 0.3) is 0 Å². The minimum atomic E-state index is -0.443. The Morgan fingerprint density at radius 3 is 2.50 bits per heavy atom. The summed E-state index contributed by atoms with van der Waals surface area (Å²) >= 11 is 0. The van der Waals surface area contributed by atoms with Crippen molar-refractivity contribution in [1.82, 2.24) is 0 Å². The Morgan fingerprint density at radius 1 is 1.50 bits per heavy atom. The van der Waals surface area contributed by atoms with Crippen LogP contribution in [0.15, 0.2) is 4.99 Å². The van der Waals surface area contributed by atoms with Crippen LogP contribution in [0.2, 0.25) is 0 Å². The van der Waals surface area contributed by atoms with Crippen LogP contribution in [0.3, 0.4) is 0 Å². The van der Waals surface area contributed by atoms with Gasteiger partial charge >= 0.3 is 0 Å². The number of hydrogen-bond acceptors (Lipinski definition) is 2. The van der Waals surface area contributed by atoms with Crippen LogP contribution in [0.1, 0.15) is 26.7 Å². The smallest absolute Gasteiger partial charge is 0.227 e. The van der Waals surface area contributed by atoms with Gasteiger partial charge in [0.2, 0.25) is 5.91 Å². The van der Waals surface area contributed by atoms with E-state index in [1.807, 2.05) is 0 Å². The number of unbranched alkanes of at least 4 members (excludes halogenated alkanes) is 1. The fourth-order valence-electron chi connectivity index (χ4n) is 0.649. The van der Waals surface area contributed by atoms with Gasteiger partial charge in [0.05, 0.1) is 5.92 Å². The van der Waals surface area contributed by atoms with Crippen LogP contribution in [0.5, 0.6) is 0 Å². The average Bonchev–Trinajstić information content (AvgIpc) is 2.03. The summed E-state index contributed by atoms with van der Waals surface area (Å²) < 4.78 is 0. The molecule has 4 nitrogen and oxygen atoms in total. The number of aliphatic imine (C=N–C) groups is 1. The molecule has 0 saturated heterocycles. The minimum Gasteiger partial charge on any atom is -0.387 e. The summed E-state index contributed by atoms with van der Waals surface area (Å²) in [6, 6.07) is 0. The molecule has 0 spiro atoms. The molecule has 1 unspecified atom stereocenters. The Hall–Kier alpha value is -1.06. The number of amidine groups is 1. The van der Waals surface area contributed by atoms with E-state index in [1.165, 1.54) is 0 Å². The number of amides is 1. The third kappa shape index (κ3) is 3.95. The highest BCUT2D eigenvalue weighted by atomic mass is 16.1. The van der Waals surface area contributed by atoms with Gasteiger partial charge in [-0.3, -0.25) is 9.79 Å². The molecule has 0 aliphatic rings. The Morgan fingerprint density at radius 2 is 2.08 bits per heavy atom. The molecule has 0 aromatic heterocycles. The molecule has 0 aliphatic carbocycles. The number of hydrogen-bond donors (Lipinski definition) is 2. The van der Waals surface area contributed by atoms with Crippen molar-refractivity contribution >= 4 is 11.7 Å². The highest BCUT2D eigenvalue weighted by Crippen LogP contribution is 1.94. The average molecular weight is 171 g/mol. The summed E-state index contributed by atoms with van der Waals surface area (Å²) in [6.07, 6.45) is 2.06. The highest BCUT2D eigenvalue weighted by Gasteiger charge is 2.11. The molecule has 0 rings (SSSR count). The van der Waals surface area contributed by atoms with E-state index in [0.29, 0.717) is 12.4 Å². The van der Waals surface area contributed by atoms with Gasteiger partial charge in [-0.05, 0) is 13.3 Å². The molecular weight excluding hydrogens is 154 g/mol. The summed E-state index contributed by atoms with van der Waals surface area (Å²) in [5.41, 5.74) is 10.5. The number of carbonyl (C=O) groups is 1. The van der Waals surface area contributed by atoms with E-state index in [4.69, 9.17) is 11.5 Å². The molecule has 0 aromatic rings. The first-order chi connectivity index (χ1) is 5.59. The first-order valence-corrected chi connectivity index (χ1v) is 4.18. The van der Waals surface area contributed by atoms with Crippen molar-refractivity contribution in [3.63, 3.8) is 0 Å². The summed E-state index contributed by atoms with van der Waals surface area (Å²) in [5.74, 6) is -0.523. The van der Waals surface area contributed by atoms with Gasteiger partial charge in [-0.1, -0.05) is 13.3 Å². The molecule has 0 radical (unpaired) electrons. The lowest BCUT2D eigenvalue weighted by atomic mass is 10.1. The lowest BCUT2D eigenvalue weighted by molar-refractivity contribution is -0.119. The number of nitrogens with zero attached hydrogens (tertiary/aromatic N) is 1. The summed E-state index contributed by atoms with van der Waals surface area (Å²) in [4.78, 5) is 14.7. The van der Waals surface area contributed by atoms with Crippen molar-refractivity contribution in [1.29, 1.82) is 0 Å². The third-order valence-corrected chi connectivity index (χ3v) is 1.68. The zero-order valence-corrected chi connectivity index (χ0v) is 7.71. The first kappa shape index (κ1) is 10.9. The van der Waals surface area contributed by atoms with Gasteiger partial charge in [0.1, 0.15) is 5.84 Å². The van der Waals surface area contributed by atoms with E-state index >= 15 is 0 Å². The van der Waals surface area contributed by atoms with Crippen LogP contribution in [-0.2, 0) is 4.79 Å². The van der Waals surface area contributed by atoms with E-state index < -0.39 is 11.8 Å². The zero-order valence-electron chi connectivity index (χ0n) is 7.71. The quantitative estimate of drug-likeness (QED) is 0.353. The molecular formula is C8H17N3O. The second-order valence-electron chi connectivity index (χ2n) is 2.78. The van der Waals surface area contributed by atoms with E-state index in [-0.39, 0.29) is 0 Å². The molecule has 0 aromatic carbocycles. The second-order valence-corrected chi connectivity index (χ2v) is 2.78. The predicted octanol–water partition coefficient (Wildman–Crippen LogP) is 0.265. The van der Waals surface area contributed by atoms with Crippen molar-refractivity contribution in [3.8, 4) is 0 Å². The van der Waals surface area contributed by atoms with Crippen LogP contribution in [0, 0.1) is 5.92 Å². The molecule has 0 heterocycles. The van der Waals surface area contributed by atoms with Crippen LogP contribution in [0.4, 0.5) is 0 Å². The normalized spacial score (nSPS) is 14.3. The summed E-state index contributed by atoms with van der Waals surface area (Å²) in [5, 5.41) is 0. The van der Waals surface area contributed by atoms with E-state index in [0.717, 1.165) is 12.8 Å². The minimum absolute atomic E-state index is 0.343. The van der Waals surface area contributed by atoms with Gasteiger partial charge in [0.15, 0.2) is 0 Å². The molecule has 4 N–H and O–H groups in total. The van der Waals surface area contributed by atoms with Gasteiger partial charge < -0.3 is 11.5 Å². The van der Waals surface area contributed by atoms with Crippen LogP contribution in [0.25, 0.3) is 0 Å². The van der Waals surface area contributed by atoms with Gasteiger partial charge in [-0.2, -0.15) is 0 Å². The Bertz CT molecular complexity index is 177. The zero-order chi connectivity index (χ0) is 9.56. The maximum absolute atomic E-state index is 10.6. The molecule has 1 amide bonds. The molecule has 4 heteroatoms. The molecule has 0 bridgehead atoms. The SMILES string of the molecule is CCCCN=C(N)C(C)C(N)=O. The third-order valence-electron chi connectivity index (χ3n) is 1.68. The number of nitrogens with two attached hydrogens (primary N) is 2. The van der Waals surface area contributed by atoms with E-state index in [9.17, 15) is 4.79 Å². The monoisotopic (exact) mass is 171 g/mol. The van der Waals surface area contributed by atoms with Crippen molar-refractivity contribution in [2.45, 2.75) is 26.7 Å². The molecule has 70 valence electrons. The highest BCUT2D eigenvalue weighted by molar-refractivity contribution is 6.01.